The van der Waals surface area contributed by atoms with Crippen LogP contribution in [0.4, 0.5) is 13.2 Å². The minimum absolute atomic E-state index is 0. The lowest BCUT2D eigenvalue weighted by Gasteiger charge is -2.17. The normalized spacial score (nSPS) is 11.5. The summed E-state index contributed by atoms with van der Waals surface area (Å²) in [6, 6.07) is 0.670. The lowest BCUT2D eigenvalue weighted by molar-refractivity contribution is 0.444. The number of hydrogen-bond donors (Lipinski definition) is 1. The predicted molar refractivity (Wildman–Crippen MR) is 67.3 cm³/mol. The molecule has 110 valence electrons. The van der Waals surface area contributed by atoms with Crippen molar-refractivity contribution >= 4 is 22.4 Å². The van der Waals surface area contributed by atoms with E-state index in [4.69, 9.17) is 0 Å². The summed E-state index contributed by atoms with van der Waals surface area (Å²) in [6.07, 6.45) is 0. The fourth-order valence-electron chi connectivity index (χ4n) is 1.32. The smallest absolute Gasteiger partial charge is 0.248 e. The summed E-state index contributed by atoms with van der Waals surface area (Å²) >= 11 is 0. The van der Waals surface area contributed by atoms with Crippen LogP contribution in [0.3, 0.4) is 0 Å². The lowest BCUT2D eigenvalue weighted by Crippen LogP contribution is -2.33. The van der Waals surface area contributed by atoms with Crippen molar-refractivity contribution in [3.8, 4) is 0 Å². The van der Waals surface area contributed by atoms with Gasteiger partial charge in [-0.3, -0.25) is 0 Å². The molecule has 1 aromatic carbocycles. The van der Waals surface area contributed by atoms with E-state index in [9.17, 15) is 21.6 Å². The second-order valence-corrected chi connectivity index (χ2v) is 5.61. The van der Waals surface area contributed by atoms with Crippen LogP contribution in [0.25, 0.3) is 0 Å². The van der Waals surface area contributed by atoms with Gasteiger partial charge in [-0.1, -0.05) is 0 Å². The van der Waals surface area contributed by atoms with Gasteiger partial charge in [-0.15, -0.1) is 12.4 Å². The lowest BCUT2D eigenvalue weighted by atomic mass is 10.3. The Balaban J connectivity index is 0.00000324. The summed E-state index contributed by atoms with van der Waals surface area (Å²) in [4.78, 5) is -1.14. The van der Waals surface area contributed by atoms with Crippen molar-refractivity contribution in [2.45, 2.75) is 4.90 Å². The molecule has 0 spiro atoms. The van der Waals surface area contributed by atoms with E-state index in [2.05, 4.69) is 5.32 Å². The van der Waals surface area contributed by atoms with Gasteiger partial charge >= 0.3 is 0 Å². The van der Waals surface area contributed by atoms with Crippen LogP contribution in [0.1, 0.15) is 0 Å². The van der Waals surface area contributed by atoms with E-state index >= 15 is 0 Å². The van der Waals surface area contributed by atoms with Crippen LogP contribution in [-0.4, -0.2) is 39.9 Å². The van der Waals surface area contributed by atoms with Gasteiger partial charge in [0.1, 0.15) is 17.5 Å². The molecule has 0 aliphatic carbocycles. The van der Waals surface area contributed by atoms with Crippen LogP contribution in [0, 0.1) is 17.5 Å². The van der Waals surface area contributed by atoms with Gasteiger partial charge in [0, 0.05) is 32.3 Å². The SMILES string of the molecule is CNCCN(C)S(=O)(=O)c1c(F)cc(F)cc1F.Cl. The van der Waals surface area contributed by atoms with Crippen molar-refractivity contribution in [3.05, 3.63) is 29.6 Å². The Morgan fingerprint density at radius 3 is 2.11 bits per heavy atom. The molecule has 0 radical (unpaired) electrons. The van der Waals surface area contributed by atoms with Crippen LogP contribution in [0.5, 0.6) is 0 Å². The van der Waals surface area contributed by atoms with Crippen molar-refractivity contribution < 1.29 is 21.6 Å². The maximum absolute atomic E-state index is 13.4. The maximum Gasteiger partial charge on any atom is 0.248 e. The maximum atomic E-state index is 13.4. The number of benzene rings is 1. The van der Waals surface area contributed by atoms with Crippen LogP contribution in [0.15, 0.2) is 17.0 Å². The first-order valence-electron chi connectivity index (χ1n) is 5.06. The van der Waals surface area contributed by atoms with Gasteiger partial charge in [-0.25, -0.2) is 21.6 Å². The van der Waals surface area contributed by atoms with E-state index in [-0.39, 0.29) is 19.0 Å². The van der Waals surface area contributed by atoms with Crippen LogP contribution in [0.2, 0.25) is 0 Å². The molecule has 9 heteroatoms. The van der Waals surface area contributed by atoms with Gasteiger partial charge in [0.05, 0.1) is 0 Å². The van der Waals surface area contributed by atoms with Crippen molar-refractivity contribution in [2.75, 3.05) is 27.2 Å². The van der Waals surface area contributed by atoms with Crippen LogP contribution >= 0.6 is 12.4 Å². The first kappa shape index (κ1) is 18.2. The molecule has 0 amide bonds. The van der Waals surface area contributed by atoms with Crippen LogP contribution in [-0.2, 0) is 10.0 Å². The number of nitrogens with zero attached hydrogens (tertiary/aromatic N) is 1. The van der Waals surface area contributed by atoms with E-state index in [0.29, 0.717) is 18.7 Å². The number of hydrogen-bond acceptors (Lipinski definition) is 3. The summed E-state index contributed by atoms with van der Waals surface area (Å²) in [5, 5.41) is 2.71. The Labute approximate surface area is 116 Å². The minimum Gasteiger partial charge on any atom is -0.318 e. The molecule has 0 unspecified atom stereocenters. The highest BCUT2D eigenvalue weighted by molar-refractivity contribution is 7.89. The number of nitrogens with one attached hydrogen (secondary N) is 1. The van der Waals surface area contributed by atoms with Gasteiger partial charge < -0.3 is 5.32 Å². The molecule has 19 heavy (non-hydrogen) atoms. The molecule has 4 nitrogen and oxygen atoms in total. The molecule has 0 aromatic heterocycles. The number of halogens is 4. The minimum atomic E-state index is -4.31. The van der Waals surface area contributed by atoms with E-state index in [1.54, 1.807) is 7.05 Å². The molecule has 1 N–H and O–H groups in total. The molecule has 0 saturated heterocycles. The molecule has 0 bridgehead atoms. The Bertz CT molecular complexity index is 517. The molecular weight excluding hydrogens is 305 g/mol. The average Bonchev–Trinajstić information content (AvgIpc) is 2.23. The molecule has 0 atom stereocenters. The number of likely N-dealkylation sites (N-methyl/N-ethyl adjacent to an activating group) is 2. The first-order chi connectivity index (χ1) is 8.30. The third-order valence-electron chi connectivity index (χ3n) is 2.31. The van der Waals surface area contributed by atoms with Crippen molar-refractivity contribution in [1.82, 2.24) is 9.62 Å². The summed E-state index contributed by atoms with van der Waals surface area (Å²) in [6.45, 7) is 0.356. The average molecular weight is 319 g/mol. The zero-order chi connectivity index (χ0) is 13.9. The Kier molecular flexibility index (Phi) is 6.78. The van der Waals surface area contributed by atoms with Gasteiger partial charge in [0.25, 0.3) is 0 Å². The monoisotopic (exact) mass is 318 g/mol. The van der Waals surface area contributed by atoms with Crippen molar-refractivity contribution in [1.29, 1.82) is 0 Å². The molecule has 0 saturated carbocycles. The van der Waals surface area contributed by atoms with Crippen molar-refractivity contribution in [2.24, 2.45) is 0 Å². The van der Waals surface area contributed by atoms with Gasteiger partial charge in [0.15, 0.2) is 4.90 Å². The second-order valence-electron chi connectivity index (χ2n) is 3.63. The van der Waals surface area contributed by atoms with Crippen LogP contribution < -0.4 is 5.32 Å². The standard InChI is InChI=1S/C10H13F3N2O2S.ClH/c1-14-3-4-15(2)18(16,17)10-8(12)5-7(11)6-9(10)13;/h5-6,14H,3-4H2,1-2H3;1H. The Hall–Kier alpha value is -0.830. The summed E-state index contributed by atoms with van der Waals surface area (Å²) in [5.41, 5.74) is 0. The fourth-order valence-corrected chi connectivity index (χ4v) is 2.57. The molecule has 0 aliphatic rings. The quantitative estimate of drug-likeness (QED) is 0.892. The van der Waals surface area contributed by atoms with Gasteiger partial charge in [-0.05, 0) is 7.05 Å². The Morgan fingerprint density at radius 1 is 1.21 bits per heavy atom. The summed E-state index contributed by atoms with van der Waals surface area (Å²) in [5.74, 6) is -4.05. The number of sulfonamides is 1. The highest BCUT2D eigenvalue weighted by Crippen LogP contribution is 2.22. The predicted octanol–water partition coefficient (Wildman–Crippen LogP) is 1.37. The molecule has 0 heterocycles. The molecule has 0 aliphatic heterocycles. The largest absolute Gasteiger partial charge is 0.318 e. The zero-order valence-corrected chi connectivity index (χ0v) is 11.9. The van der Waals surface area contributed by atoms with Crippen molar-refractivity contribution in [3.63, 3.8) is 0 Å². The summed E-state index contributed by atoms with van der Waals surface area (Å²) < 4.78 is 64.0. The molecule has 0 fully saturated rings. The first-order valence-corrected chi connectivity index (χ1v) is 6.50. The second kappa shape index (κ2) is 7.09. The zero-order valence-electron chi connectivity index (χ0n) is 10.3. The third kappa shape index (κ3) is 4.07. The van der Waals surface area contributed by atoms with Gasteiger partial charge in [-0.2, -0.15) is 4.31 Å². The third-order valence-corrected chi connectivity index (χ3v) is 4.22. The van der Waals surface area contributed by atoms with E-state index in [1.807, 2.05) is 0 Å². The van der Waals surface area contributed by atoms with E-state index in [0.717, 1.165) is 4.31 Å². The highest BCUT2D eigenvalue weighted by Gasteiger charge is 2.28. The van der Waals surface area contributed by atoms with E-state index in [1.165, 1.54) is 7.05 Å². The topological polar surface area (TPSA) is 49.4 Å². The van der Waals surface area contributed by atoms with E-state index < -0.39 is 32.4 Å². The highest BCUT2D eigenvalue weighted by atomic mass is 35.5. The number of rotatable bonds is 5. The Morgan fingerprint density at radius 2 is 1.68 bits per heavy atom. The summed E-state index contributed by atoms with van der Waals surface area (Å²) in [7, 11) is -1.51. The fraction of sp³-hybridized carbons (Fsp3) is 0.400. The molecular formula is C10H14ClF3N2O2S. The van der Waals surface area contributed by atoms with Gasteiger partial charge in [0.2, 0.25) is 10.0 Å². The molecule has 1 rings (SSSR count). The molecule has 1 aromatic rings.